The van der Waals surface area contributed by atoms with Crippen molar-refractivity contribution in [3.8, 4) is 0 Å². The summed E-state index contributed by atoms with van der Waals surface area (Å²) in [7, 11) is 0. The van der Waals surface area contributed by atoms with E-state index < -0.39 is 0 Å². The molecular weight excluding hydrogens is 328 g/mol. The predicted molar refractivity (Wildman–Crippen MR) is 75.5 cm³/mol. The second-order valence-electron chi connectivity index (χ2n) is 4.44. The topological polar surface area (TPSA) is 63.0 Å². The standard InChI is InChI=1S/C13H17BrN2O4/c1-2-19-13(18)16-7-3-6-15(8-9-16)12(17)10-4-5-11(14)20-10/h4-5H,2-3,6-9H2,1H3. The van der Waals surface area contributed by atoms with E-state index in [9.17, 15) is 9.59 Å². The number of amides is 2. The first-order valence-corrected chi connectivity index (χ1v) is 7.37. The molecule has 2 rings (SSSR count). The molecule has 0 radical (unpaired) electrons. The monoisotopic (exact) mass is 344 g/mol. The zero-order valence-electron chi connectivity index (χ0n) is 11.3. The van der Waals surface area contributed by atoms with Crippen LogP contribution in [0.25, 0.3) is 0 Å². The first kappa shape index (κ1) is 14.9. The minimum absolute atomic E-state index is 0.151. The summed E-state index contributed by atoms with van der Waals surface area (Å²) in [5.41, 5.74) is 0. The third-order valence-corrected chi connectivity index (χ3v) is 3.52. The molecule has 1 saturated heterocycles. The molecule has 2 heterocycles. The Kier molecular flexibility index (Phi) is 5.05. The van der Waals surface area contributed by atoms with E-state index in [0.29, 0.717) is 43.2 Å². The van der Waals surface area contributed by atoms with Crippen molar-refractivity contribution in [1.82, 2.24) is 9.80 Å². The van der Waals surface area contributed by atoms with Crippen molar-refractivity contribution in [2.24, 2.45) is 0 Å². The number of carbonyl (C=O) groups is 2. The van der Waals surface area contributed by atoms with E-state index in [2.05, 4.69) is 15.9 Å². The average Bonchev–Trinajstić information content (AvgIpc) is 2.72. The molecule has 1 fully saturated rings. The lowest BCUT2D eigenvalue weighted by Gasteiger charge is -2.20. The van der Waals surface area contributed by atoms with Gasteiger partial charge in [-0.25, -0.2) is 4.79 Å². The van der Waals surface area contributed by atoms with Gasteiger partial charge in [0, 0.05) is 26.2 Å². The van der Waals surface area contributed by atoms with Gasteiger partial charge in [0.15, 0.2) is 10.4 Å². The lowest BCUT2D eigenvalue weighted by molar-refractivity contribution is 0.0721. The second kappa shape index (κ2) is 6.78. The van der Waals surface area contributed by atoms with Crippen LogP contribution in [0.4, 0.5) is 4.79 Å². The fraction of sp³-hybridized carbons (Fsp3) is 0.538. The summed E-state index contributed by atoms with van der Waals surface area (Å²) >= 11 is 3.18. The Hall–Kier alpha value is -1.50. The van der Waals surface area contributed by atoms with E-state index in [1.54, 1.807) is 28.9 Å². The van der Waals surface area contributed by atoms with Gasteiger partial charge in [-0.3, -0.25) is 4.79 Å². The molecule has 0 atom stereocenters. The first-order chi connectivity index (χ1) is 9.61. The fourth-order valence-corrected chi connectivity index (χ4v) is 2.41. The number of carbonyl (C=O) groups excluding carboxylic acids is 2. The molecule has 1 aliphatic heterocycles. The van der Waals surface area contributed by atoms with Gasteiger partial charge in [0.05, 0.1) is 6.61 Å². The number of nitrogens with zero attached hydrogens (tertiary/aromatic N) is 2. The Morgan fingerprint density at radius 1 is 1.25 bits per heavy atom. The lowest BCUT2D eigenvalue weighted by atomic mass is 10.3. The number of hydrogen-bond donors (Lipinski definition) is 0. The number of halogens is 1. The second-order valence-corrected chi connectivity index (χ2v) is 5.22. The van der Waals surface area contributed by atoms with Crippen LogP contribution in [0.2, 0.25) is 0 Å². The highest BCUT2D eigenvalue weighted by atomic mass is 79.9. The van der Waals surface area contributed by atoms with Gasteiger partial charge in [-0.1, -0.05) is 0 Å². The van der Waals surface area contributed by atoms with Crippen molar-refractivity contribution in [3.05, 3.63) is 22.6 Å². The largest absolute Gasteiger partial charge is 0.450 e. The van der Waals surface area contributed by atoms with Crippen LogP contribution in [0.1, 0.15) is 23.9 Å². The highest BCUT2D eigenvalue weighted by Gasteiger charge is 2.24. The normalized spacial score (nSPS) is 15.9. The molecule has 0 aromatic carbocycles. The molecule has 110 valence electrons. The molecule has 0 aliphatic carbocycles. The molecule has 0 bridgehead atoms. The van der Waals surface area contributed by atoms with Crippen molar-refractivity contribution < 1.29 is 18.7 Å². The van der Waals surface area contributed by atoms with Crippen molar-refractivity contribution in [2.75, 3.05) is 32.8 Å². The van der Waals surface area contributed by atoms with Gasteiger partial charge in [-0.2, -0.15) is 0 Å². The maximum absolute atomic E-state index is 12.2. The quantitative estimate of drug-likeness (QED) is 0.826. The summed E-state index contributed by atoms with van der Waals surface area (Å²) in [6, 6.07) is 3.33. The molecule has 2 amide bonds. The maximum atomic E-state index is 12.2. The third-order valence-electron chi connectivity index (χ3n) is 3.09. The summed E-state index contributed by atoms with van der Waals surface area (Å²) in [6.45, 7) is 4.30. The number of ether oxygens (including phenoxy) is 1. The predicted octanol–water partition coefficient (Wildman–Crippen LogP) is 2.35. The molecule has 0 N–H and O–H groups in total. The fourth-order valence-electron chi connectivity index (χ4n) is 2.10. The molecule has 6 nitrogen and oxygen atoms in total. The lowest BCUT2D eigenvalue weighted by Crippen LogP contribution is -2.37. The van der Waals surface area contributed by atoms with Crippen LogP contribution in [0.5, 0.6) is 0 Å². The summed E-state index contributed by atoms with van der Waals surface area (Å²) in [4.78, 5) is 27.3. The van der Waals surface area contributed by atoms with E-state index in [0.717, 1.165) is 6.42 Å². The SMILES string of the molecule is CCOC(=O)N1CCCN(C(=O)c2ccc(Br)o2)CC1. The molecule has 0 unspecified atom stereocenters. The van der Waals surface area contributed by atoms with Crippen LogP contribution in [0, 0.1) is 0 Å². The van der Waals surface area contributed by atoms with Gasteiger partial charge in [-0.05, 0) is 41.4 Å². The molecule has 0 spiro atoms. The van der Waals surface area contributed by atoms with Crippen LogP contribution >= 0.6 is 15.9 Å². The van der Waals surface area contributed by atoms with Gasteiger partial charge >= 0.3 is 6.09 Å². The highest BCUT2D eigenvalue weighted by Crippen LogP contribution is 2.17. The van der Waals surface area contributed by atoms with E-state index in [-0.39, 0.29) is 12.0 Å². The van der Waals surface area contributed by atoms with E-state index in [1.165, 1.54) is 0 Å². The van der Waals surface area contributed by atoms with Crippen LogP contribution in [0.3, 0.4) is 0 Å². The summed E-state index contributed by atoms with van der Waals surface area (Å²) in [5.74, 6) is 0.155. The Labute approximate surface area is 125 Å². The Balaban J connectivity index is 1.95. The van der Waals surface area contributed by atoms with Gasteiger partial charge in [0.1, 0.15) is 0 Å². The van der Waals surface area contributed by atoms with Gasteiger partial charge in [0.25, 0.3) is 5.91 Å². The number of rotatable bonds is 2. The Bertz CT molecular complexity index is 488. The van der Waals surface area contributed by atoms with Crippen LogP contribution in [-0.4, -0.2) is 54.6 Å². The van der Waals surface area contributed by atoms with Crippen molar-refractivity contribution in [1.29, 1.82) is 0 Å². The van der Waals surface area contributed by atoms with Crippen LogP contribution in [-0.2, 0) is 4.74 Å². The molecule has 0 saturated carbocycles. The maximum Gasteiger partial charge on any atom is 0.409 e. The van der Waals surface area contributed by atoms with Gasteiger partial charge < -0.3 is 19.0 Å². The Morgan fingerprint density at radius 3 is 2.60 bits per heavy atom. The molecule has 1 aromatic heterocycles. The van der Waals surface area contributed by atoms with Gasteiger partial charge in [-0.15, -0.1) is 0 Å². The minimum Gasteiger partial charge on any atom is -0.450 e. The van der Waals surface area contributed by atoms with E-state index in [4.69, 9.17) is 9.15 Å². The zero-order chi connectivity index (χ0) is 14.5. The van der Waals surface area contributed by atoms with Crippen LogP contribution in [0.15, 0.2) is 21.2 Å². The smallest absolute Gasteiger partial charge is 0.409 e. The minimum atomic E-state index is -0.317. The van der Waals surface area contributed by atoms with Crippen LogP contribution < -0.4 is 0 Å². The molecule has 1 aromatic rings. The van der Waals surface area contributed by atoms with Crippen molar-refractivity contribution >= 4 is 27.9 Å². The van der Waals surface area contributed by atoms with E-state index >= 15 is 0 Å². The van der Waals surface area contributed by atoms with Crippen molar-refractivity contribution in [2.45, 2.75) is 13.3 Å². The molecule has 7 heteroatoms. The van der Waals surface area contributed by atoms with Crippen molar-refractivity contribution in [3.63, 3.8) is 0 Å². The average molecular weight is 345 g/mol. The number of furan rings is 1. The summed E-state index contributed by atoms with van der Waals surface area (Å²) in [5, 5.41) is 0. The van der Waals surface area contributed by atoms with Gasteiger partial charge in [0.2, 0.25) is 0 Å². The molecular formula is C13H17BrN2O4. The van der Waals surface area contributed by atoms with E-state index in [1.807, 2.05) is 0 Å². The number of hydrogen-bond acceptors (Lipinski definition) is 4. The first-order valence-electron chi connectivity index (χ1n) is 6.58. The summed E-state index contributed by atoms with van der Waals surface area (Å²) in [6.07, 6.45) is 0.412. The summed E-state index contributed by atoms with van der Waals surface area (Å²) < 4.78 is 10.8. The molecule has 20 heavy (non-hydrogen) atoms. The third kappa shape index (κ3) is 3.53. The molecule has 1 aliphatic rings. The highest BCUT2D eigenvalue weighted by molar-refractivity contribution is 9.10. The Morgan fingerprint density at radius 2 is 1.95 bits per heavy atom. The zero-order valence-corrected chi connectivity index (χ0v) is 12.9.